The highest BCUT2D eigenvalue weighted by Gasteiger charge is 2.22. The molecule has 0 unspecified atom stereocenters. The lowest BCUT2D eigenvalue weighted by atomic mass is 10.1. The zero-order valence-corrected chi connectivity index (χ0v) is 14.0. The Labute approximate surface area is 140 Å². The summed E-state index contributed by atoms with van der Waals surface area (Å²) in [6, 6.07) is 13.2. The van der Waals surface area contributed by atoms with Crippen molar-refractivity contribution in [1.29, 1.82) is 0 Å². The highest BCUT2D eigenvalue weighted by Crippen LogP contribution is 2.27. The van der Waals surface area contributed by atoms with Gasteiger partial charge >= 0.3 is 0 Å². The van der Waals surface area contributed by atoms with Crippen LogP contribution in [-0.2, 0) is 16.4 Å². The Bertz CT molecular complexity index is 806. The Morgan fingerprint density at radius 1 is 1.17 bits per heavy atom. The van der Waals surface area contributed by atoms with Crippen LogP contribution in [0.2, 0.25) is 0 Å². The molecule has 2 rings (SSSR count). The van der Waals surface area contributed by atoms with E-state index in [0.717, 1.165) is 18.1 Å². The number of hydrogen-bond acceptors (Lipinski definition) is 5. The molecule has 1 N–H and O–H groups in total. The van der Waals surface area contributed by atoms with Crippen molar-refractivity contribution < 1.29 is 18.1 Å². The SMILES string of the molecule is COc1ccc([N+](=O)[O-])cc1S(=O)(=O)NCCCc1ccccc1. The van der Waals surface area contributed by atoms with Gasteiger partial charge in [-0.3, -0.25) is 10.1 Å². The molecule has 0 bridgehead atoms. The molecule has 0 radical (unpaired) electrons. The molecule has 0 aliphatic carbocycles. The molecule has 0 saturated heterocycles. The molecule has 2 aromatic rings. The zero-order chi connectivity index (χ0) is 17.6. The predicted molar refractivity (Wildman–Crippen MR) is 89.6 cm³/mol. The van der Waals surface area contributed by atoms with Gasteiger partial charge in [-0.1, -0.05) is 30.3 Å². The van der Waals surface area contributed by atoms with Crippen molar-refractivity contribution >= 4 is 15.7 Å². The van der Waals surface area contributed by atoms with E-state index >= 15 is 0 Å². The second-order valence-electron chi connectivity index (χ2n) is 5.08. The molecule has 0 aromatic heterocycles. The largest absolute Gasteiger partial charge is 0.495 e. The average Bonchev–Trinajstić information content (AvgIpc) is 2.59. The Balaban J connectivity index is 2.06. The number of aryl methyl sites for hydroxylation is 1. The minimum Gasteiger partial charge on any atom is -0.495 e. The molecule has 24 heavy (non-hydrogen) atoms. The summed E-state index contributed by atoms with van der Waals surface area (Å²) in [4.78, 5) is 9.96. The monoisotopic (exact) mass is 350 g/mol. The lowest BCUT2D eigenvalue weighted by Gasteiger charge is -2.10. The summed E-state index contributed by atoms with van der Waals surface area (Å²) in [5.74, 6) is 0.0659. The number of nitro benzene ring substituents is 1. The smallest absolute Gasteiger partial charge is 0.271 e. The maximum absolute atomic E-state index is 12.4. The number of rotatable bonds is 8. The maximum Gasteiger partial charge on any atom is 0.271 e. The van der Waals surface area contributed by atoms with E-state index < -0.39 is 14.9 Å². The first-order chi connectivity index (χ1) is 11.4. The van der Waals surface area contributed by atoms with Crippen molar-refractivity contribution in [1.82, 2.24) is 4.72 Å². The second kappa shape index (κ2) is 7.89. The van der Waals surface area contributed by atoms with Crippen LogP contribution in [0.25, 0.3) is 0 Å². The van der Waals surface area contributed by atoms with Crippen LogP contribution in [0.5, 0.6) is 5.75 Å². The van der Waals surface area contributed by atoms with Gasteiger partial charge in [0.1, 0.15) is 10.6 Å². The molecule has 0 amide bonds. The number of non-ortho nitro benzene ring substituents is 1. The van der Waals surface area contributed by atoms with Crippen molar-refractivity contribution in [3.8, 4) is 5.75 Å². The van der Waals surface area contributed by atoms with Crippen LogP contribution in [0.15, 0.2) is 53.4 Å². The third-order valence-electron chi connectivity index (χ3n) is 3.42. The summed E-state index contributed by atoms with van der Waals surface area (Å²) in [5, 5.41) is 10.8. The molecule has 0 heterocycles. The van der Waals surface area contributed by atoms with Crippen molar-refractivity contribution in [3.05, 3.63) is 64.2 Å². The Morgan fingerprint density at radius 3 is 2.50 bits per heavy atom. The number of hydrogen-bond donors (Lipinski definition) is 1. The standard InChI is InChI=1S/C16H18N2O5S/c1-23-15-10-9-14(18(19)20)12-16(15)24(21,22)17-11-5-8-13-6-3-2-4-7-13/h2-4,6-7,9-10,12,17H,5,8,11H2,1H3. The molecule has 0 aliphatic rings. The lowest BCUT2D eigenvalue weighted by Crippen LogP contribution is -2.25. The predicted octanol–water partition coefficient (Wildman–Crippen LogP) is 2.51. The molecule has 0 aliphatic heterocycles. The second-order valence-corrected chi connectivity index (χ2v) is 6.81. The van der Waals surface area contributed by atoms with Crippen molar-refractivity contribution in [2.45, 2.75) is 17.7 Å². The van der Waals surface area contributed by atoms with Gasteiger partial charge in [0.15, 0.2) is 0 Å². The Morgan fingerprint density at radius 2 is 1.88 bits per heavy atom. The summed E-state index contributed by atoms with van der Waals surface area (Å²) in [6.07, 6.45) is 1.34. The first-order valence-electron chi connectivity index (χ1n) is 7.30. The Kier molecular flexibility index (Phi) is 5.88. The van der Waals surface area contributed by atoms with Crippen LogP contribution in [0, 0.1) is 10.1 Å². The van der Waals surface area contributed by atoms with Crippen molar-refractivity contribution in [2.24, 2.45) is 0 Å². The molecule has 0 fully saturated rings. The number of sulfonamides is 1. The number of benzene rings is 2. The van der Waals surface area contributed by atoms with E-state index in [0.29, 0.717) is 6.42 Å². The van der Waals surface area contributed by atoms with Crippen LogP contribution >= 0.6 is 0 Å². The van der Waals surface area contributed by atoms with Crippen LogP contribution in [-0.4, -0.2) is 27.0 Å². The average molecular weight is 350 g/mol. The summed E-state index contributed by atoms with van der Waals surface area (Å²) in [5.41, 5.74) is 0.810. The lowest BCUT2D eigenvalue weighted by molar-refractivity contribution is -0.385. The normalized spacial score (nSPS) is 11.2. The summed E-state index contributed by atoms with van der Waals surface area (Å²) in [6.45, 7) is 0.225. The van der Waals surface area contributed by atoms with Gasteiger partial charge in [0.2, 0.25) is 10.0 Å². The minimum atomic E-state index is -3.89. The van der Waals surface area contributed by atoms with E-state index in [1.165, 1.54) is 19.2 Å². The van der Waals surface area contributed by atoms with Gasteiger partial charge in [-0.25, -0.2) is 13.1 Å². The quantitative estimate of drug-likeness (QED) is 0.448. The van der Waals surface area contributed by atoms with Gasteiger partial charge in [0.25, 0.3) is 5.69 Å². The fourth-order valence-electron chi connectivity index (χ4n) is 2.21. The van der Waals surface area contributed by atoms with Gasteiger partial charge in [0.05, 0.1) is 12.0 Å². The number of methoxy groups -OCH3 is 1. The van der Waals surface area contributed by atoms with E-state index in [1.54, 1.807) is 0 Å². The number of nitrogens with zero attached hydrogens (tertiary/aromatic N) is 1. The molecule has 0 spiro atoms. The highest BCUT2D eigenvalue weighted by atomic mass is 32.2. The molecule has 0 saturated carbocycles. The van der Waals surface area contributed by atoms with Gasteiger partial charge < -0.3 is 4.74 Å². The van der Waals surface area contributed by atoms with E-state index in [9.17, 15) is 18.5 Å². The van der Waals surface area contributed by atoms with Crippen molar-refractivity contribution in [2.75, 3.05) is 13.7 Å². The van der Waals surface area contributed by atoms with Crippen LogP contribution in [0.4, 0.5) is 5.69 Å². The van der Waals surface area contributed by atoms with Gasteiger partial charge in [-0.2, -0.15) is 0 Å². The molecular weight excluding hydrogens is 332 g/mol. The number of ether oxygens (including phenoxy) is 1. The van der Waals surface area contributed by atoms with Gasteiger partial charge in [-0.05, 0) is 24.5 Å². The fraction of sp³-hybridized carbons (Fsp3) is 0.250. The molecule has 7 nitrogen and oxygen atoms in total. The third-order valence-corrected chi connectivity index (χ3v) is 4.91. The maximum atomic E-state index is 12.4. The van der Waals surface area contributed by atoms with Crippen LogP contribution in [0.1, 0.15) is 12.0 Å². The molecule has 128 valence electrons. The molecular formula is C16H18N2O5S. The number of nitrogens with one attached hydrogen (secondary N) is 1. The van der Waals surface area contributed by atoms with E-state index in [1.807, 2.05) is 30.3 Å². The summed E-state index contributed by atoms with van der Waals surface area (Å²) < 4.78 is 32.2. The fourth-order valence-corrected chi connectivity index (χ4v) is 3.47. The minimum absolute atomic E-state index is 0.0659. The molecule has 2 aromatic carbocycles. The highest BCUT2D eigenvalue weighted by molar-refractivity contribution is 7.89. The van der Waals surface area contributed by atoms with Gasteiger partial charge in [-0.15, -0.1) is 0 Å². The topological polar surface area (TPSA) is 98.5 Å². The zero-order valence-electron chi connectivity index (χ0n) is 13.1. The first-order valence-corrected chi connectivity index (χ1v) is 8.78. The Hall–Kier alpha value is -2.45. The van der Waals surface area contributed by atoms with Crippen LogP contribution < -0.4 is 9.46 Å². The first kappa shape index (κ1) is 17.9. The molecule has 8 heteroatoms. The molecule has 0 atom stereocenters. The summed E-state index contributed by atoms with van der Waals surface area (Å²) >= 11 is 0. The van der Waals surface area contributed by atoms with Crippen LogP contribution in [0.3, 0.4) is 0 Å². The van der Waals surface area contributed by atoms with Gasteiger partial charge in [0, 0.05) is 18.7 Å². The summed E-state index contributed by atoms with van der Waals surface area (Å²) in [7, 11) is -2.58. The van der Waals surface area contributed by atoms with E-state index in [4.69, 9.17) is 4.74 Å². The number of nitro groups is 1. The van der Waals surface area contributed by atoms with E-state index in [2.05, 4.69) is 4.72 Å². The van der Waals surface area contributed by atoms with E-state index in [-0.39, 0.29) is 22.9 Å². The third kappa shape index (κ3) is 4.53. The van der Waals surface area contributed by atoms with Crippen molar-refractivity contribution in [3.63, 3.8) is 0 Å².